The normalized spacial score (nSPS) is 23.5. The number of esters is 1. The van der Waals surface area contributed by atoms with Crippen LogP contribution in [0.2, 0.25) is 0 Å². The van der Waals surface area contributed by atoms with Crippen molar-refractivity contribution in [3.05, 3.63) is 0 Å². The van der Waals surface area contributed by atoms with Gasteiger partial charge >= 0.3 is 5.97 Å². The van der Waals surface area contributed by atoms with Crippen LogP contribution in [-0.2, 0) is 19.6 Å². The van der Waals surface area contributed by atoms with Gasteiger partial charge in [-0.2, -0.15) is 0 Å². The molecule has 2 atom stereocenters. The number of rotatable bonds is 8. The van der Waals surface area contributed by atoms with E-state index in [1.165, 1.54) is 7.11 Å². The molecule has 0 amide bonds. The Morgan fingerprint density at radius 2 is 2.00 bits per heavy atom. The molecule has 1 aliphatic carbocycles. The number of nitrogens with one attached hydrogen (secondary N) is 1. The number of ether oxygens (including phenoxy) is 1. The number of sulfonamides is 1. The Morgan fingerprint density at radius 1 is 1.26 bits per heavy atom. The van der Waals surface area contributed by atoms with Crippen molar-refractivity contribution in [2.75, 3.05) is 13.7 Å². The summed E-state index contributed by atoms with van der Waals surface area (Å²) in [5, 5.41) is -0.619. The number of carbonyl (C=O) groups excluding carboxylic acids is 1. The van der Waals surface area contributed by atoms with E-state index in [4.69, 9.17) is 0 Å². The molecule has 0 aliphatic heterocycles. The molecule has 1 fully saturated rings. The maximum absolute atomic E-state index is 12.2. The second-order valence-electron chi connectivity index (χ2n) is 5.10. The highest BCUT2D eigenvalue weighted by Gasteiger charge is 2.41. The number of carbonyl (C=O) groups is 1. The third kappa shape index (κ3) is 4.76. The molecule has 0 aromatic carbocycles. The summed E-state index contributed by atoms with van der Waals surface area (Å²) in [4.78, 5) is 11.6. The van der Waals surface area contributed by atoms with Gasteiger partial charge in [0.2, 0.25) is 10.0 Å². The average molecular weight is 291 g/mol. The lowest BCUT2D eigenvalue weighted by atomic mass is 10.1. The van der Waals surface area contributed by atoms with Crippen LogP contribution in [0.25, 0.3) is 0 Å². The van der Waals surface area contributed by atoms with Crippen LogP contribution >= 0.6 is 0 Å². The highest BCUT2D eigenvalue weighted by Crippen LogP contribution is 2.31. The monoisotopic (exact) mass is 291 g/mol. The summed E-state index contributed by atoms with van der Waals surface area (Å²) in [7, 11) is -2.09. The largest absolute Gasteiger partial charge is 0.469 e. The van der Waals surface area contributed by atoms with Crippen LogP contribution in [0.4, 0.5) is 0 Å². The van der Waals surface area contributed by atoms with Crippen LogP contribution in [0, 0.1) is 5.92 Å². The van der Waals surface area contributed by atoms with Crippen LogP contribution < -0.4 is 4.72 Å². The molecule has 1 saturated carbocycles. The zero-order valence-electron chi connectivity index (χ0n) is 11.9. The van der Waals surface area contributed by atoms with E-state index in [-0.39, 0.29) is 0 Å². The van der Waals surface area contributed by atoms with Crippen molar-refractivity contribution in [2.24, 2.45) is 5.92 Å². The first-order valence-corrected chi connectivity index (χ1v) is 8.64. The lowest BCUT2D eigenvalue weighted by Crippen LogP contribution is -2.39. The van der Waals surface area contributed by atoms with Gasteiger partial charge in [-0.1, -0.05) is 32.6 Å². The van der Waals surface area contributed by atoms with Gasteiger partial charge in [0.05, 0.1) is 18.3 Å². The zero-order valence-corrected chi connectivity index (χ0v) is 12.7. The second kappa shape index (κ2) is 7.85. The molecule has 1 rings (SSSR count). The van der Waals surface area contributed by atoms with Crippen molar-refractivity contribution in [3.8, 4) is 0 Å². The van der Waals surface area contributed by atoms with Crippen LogP contribution in [0.15, 0.2) is 0 Å². The van der Waals surface area contributed by atoms with Gasteiger partial charge in [0.1, 0.15) is 0 Å². The van der Waals surface area contributed by atoms with E-state index in [1.807, 2.05) is 0 Å². The van der Waals surface area contributed by atoms with Gasteiger partial charge in [-0.3, -0.25) is 4.79 Å². The molecule has 1 aliphatic rings. The first-order valence-electron chi connectivity index (χ1n) is 7.09. The lowest BCUT2D eigenvalue weighted by molar-refractivity contribution is -0.145. The summed E-state index contributed by atoms with van der Waals surface area (Å²) in [5.74, 6) is -0.906. The molecule has 0 spiro atoms. The fraction of sp³-hybridized carbons (Fsp3) is 0.923. The van der Waals surface area contributed by atoms with E-state index < -0.39 is 27.2 Å². The topological polar surface area (TPSA) is 72.5 Å². The molecule has 112 valence electrons. The van der Waals surface area contributed by atoms with Crippen molar-refractivity contribution in [3.63, 3.8) is 0 Å². The quantitative estimate of drug-likeness (QED) is 0.547. The molecule has 0 aromatic heterocycles. The molecule has 2 unspecified atom stereocenters. The number of methoxy groups -OCH3 is 1. The van der Waals surface area contributed by atoms with Gasteiger partial charge in [-0.05, 0) is 19.3 Å². The minimum atomic E-state index is -3.40. The average Bonchev–Trinajstić information content (AvgIpc) is 2.87. The Kier molecular flexibility index (Phi) is 6.79. The van der Waals surface area contributed by atoms with E-state index in [0.29, 0.717) is 19.4 Å². The molecule has 1 N–H and O–H groups in total. The SMILES string of the molecule is CCCCCCNS(=O)(=O)C1CCCC1C(=O)OC. The first-order chi connectivity index (χ1) is 9.03. The Morgan fingerprint density at radius 3 is 2.63 bits per heavy atom. The molecule has 0 heterocycles. The highest BCUT2D eigenvalue weighted by atomic mass is 32.2. The fourth-order valence-corrected chi connectivity index (χ4v) is 4.39. The van der Waals surface area contributed by atoms with E-state index in [0.717, 1.165) is 32.1 Å². The molecule has 0 aromatic rings. The van der Waals surface area contributed by atoms with Gasteiger partial charge in [-0.25, -0.2) is 13.1 Å². The summed E-state index contributed by atoms with van der Waals surface area (Å²) < 4.78 is 31.7. The van der Waals surface area contributed by atoms with Crippen molar-refractivity contribution in [1.82, 2.24) is 4.72 Å². The molecular formula is C13H25NO4S. The Bertz CT molecular complexity index is 380. The second-order valence-corrected chi connectivity index (χ2v) is 7.08. The number of hydrogen-bond donors (Lipinski definition) is 1. The predicted octanol–water partition coefficient (Wildman–Crippen LogP) is 1.83. The van der Waals surface area contributed by atoms with Crippen LogP contribution in [0.3, 0.4) is 0 Å². The number of hydrogen-bond acceptors (Lipinski definition) is 4. The maximum Gasteiger partial charge on any atom is 0.310 e. The molecular weight excluding hydrogens is 266 g/mol. The van der Waals surface area contributed by atoms with E-state index in [1.54, 1.807) is 0 Å². The summed E-state index contributed by atoms with van der Waals surface area (Å²) in [6.07, 6.45) is 6.04. The zero-order chi connectivity index (χ0) is 14.3. The summed E-state index contributed by atoms with van der Waals surface area (Å²) >= 11 is 0. The third-order valence-corrected chi connectivity index (χ3v) is 5.66. The van der Waals surface area contributed by atoms with Gasteiger partial charge in [0.25, 0.3) is 0 Å². The van der Waals surface area contributed by atoms with Gasteiger partial charge in [0, 0.05) is 6.54 Å². The van der Waals surface area contributed by atoms with Gasteiger partial charge in [0.15, 0.2) is 0 Å². The minimum absolute atomic E-state index is 0.404. The fourth-order valence-electron chi connectivity index (χ4n) is 2.59. The van der Waals surface area contributed by atoms with Crippen LogP contribution in [0.1, 0.15) is 51.9 Å². The molecule has 0 bridgehead atoms. The Balaban J connectivity index is 2.49. The third-order valence-electron chi connectivity index (χ3n) is 3.69. The molecule has 6 heteroatoms. The van der Waals surface area contributed by atoms with Crippen LogP contribution in [0.5, 0.6) is 0 Å². The molecule has 19 heavy (non-hydrogen) atoms. The summed E-state index contributed by atoms with van der Waals surface area (Å²) in [6, 6.07) is 0. The highest BCUT2D eigenvalue weighted by molar-refractivity contribution is 7.90. The Hall–Kier alpha value is -0.620. The minimum Gasteiger partial charge on any atom is -0.469 e. The molecule has 0 radical (unpaired) electrons. The molecule has 0 saturated heterocycles. The van der Waals surface area contributed by atoms with E-state index in [2.05, 4.69) is 16.4 Å². The summed E-state index contributed by atoms with van der Waals surface area (Å²) in [5.41, 5.74) is 0. The Labute approximate surface area is 116 Å². The van der Waals surface area contributed by atoms with Gasteiger partial charge in [-0.15, -0.1) is 0 Å². The van der Waals surface area contributed by atoms with Crippen molar-refractivity contribution < 1.29 is 17.9 Å². The van der Waals surface area contributed by atoms with Gasteiger partial charge < -0.3 is 4.74 Å². The first kappa shape index (κ1) is 16.4. The van der Waals surface area contributed by atoms with E-state index in [9.17, 15) is 13.2 Å². The maximum atomic E-state index is 12.2. The predicted molar refractivity (Wildman–Crippen MR) is 74.2 cm³/mol. The van der Waals surface area contributed by atoms with Crippen molar-refractivity contribution in [2.45, 2.75) is 57.1 Å². The van der Waals surface area contributed by atoms with E-state index >= 15 is 0 Å². The lowest BCUT2D eigenvalue weighted by Gasteiger charge is -2.18. The van der Waals surface area contributed by atoms with Crippen molar-refractivity contribution >= 4 is 16.0 Å². The molecule has 5 nitrogen and oxygen atoms in total. The standard InChI is InChI=1S/C13H25NO4S/c1-3-4-5-6-10-14-19(16,17)12-9-7-8-11(12)13(15)18-2/h11-12,14H,3-10H2,1-2H3. The van der Waals surface area contributed by atoms with Crippen molar-refractivity contribution in [1.29, 1.82) is 0 Å². The van der Waals surface area contributed by atoms with Crippen LogP contribution in [-0.4, -0.2) is 33.3 Å². The number of unbranched alkanes of at least 4 members (excludes halogenated alkanes) is 3. The smallest absolute Gasteiger partial charge is 0.310 e. The summed E-state index contributed by atoms with van der Waals surface area (Å²) in [6.45, 7) is 2.58.